The maximum Gasteiger partial charge on any atom is 0.276 e. The highest BCUT2D eigenvalue weighted by atomic mass is 32.2. The zero-order chi connectivity index (χ0) is 24.7. The summed E-state index contributed by atoms with van der Waals surface area (Å²) in [7, 11) is 1.28. The Bertz CT molecular complexity index is 1410. The van der Waals surface area contributed by atoms with Gasteiger partial charge in [-0.2, -0.15) is 0 Å². The van der Waals surface area contributed by atoms with Crippen LogP contribution in [0.4, 0.5) is 5.13 Å². The van der Waals surface area contributed by atoms with Crippen LogP contribution in [-0.2, 0) is 25.8 Å². The number of aromatic nitrogens is 2. The van der Waals surface area contributed by atoms with Crippen LogP contribution in [-0.4, -0.2) is 57.7 Å². The van der Waals surface area contributed by atoms with Crippen LogP contribution in [0.25, 0.3) is 10.1 Å². The first-order chi connectivity index (χ1) is 16.9. The molecule has 0 bridgehead atoms. The molecule has 0 aliphatic carbocycles. The number of hydrogen-bond acceptors (Lipinski definition) is 11. The van der Waals surface area contributed by atoms with Crippen molar-refractivity contribution in [2.45, 2.75) is 18.0 Å². The number of nitrogen functional groups attached to an aromatic ring is 1. The third-order valence-electron chi connectivity index (χ3n) is 5.51. The van der Waals surface area contributed by atoms with E-state index >= 15 is 0 Å². The predicted molar refractivity (Wildman–Crippen MR) is 129 cm³/mol. The Kier molecular flexibility index (Phi) is 6.17. The highest BCUT2D eigenvalue weighted by molar-refractivity contribution is 8.00. The lowest BCUT2D eigenvalue weighted by molar-refractivity contribution is -0.687. The first kappa shape index (κ1) is 23.3. The Hall–Kier alpha value is -3.49. The van der Waals surface area contributed by atoms with Crippen LogP contribution < -0.4 is 20.7 Å². The first-order valence-corrected chi connectivity index (χ1v) is 13.1. The number of nitrogens with zero attached hydrogens (tertiary/aromatic N) is 4. The van der Waals surface area contributed by atoms with Crippen molar-refractivity contribution in [2.24, 2.45) is 5.16 Å². The zero-order valence-electron chi connectivity index (χ0n) is 18.2. The van der Waals surface area contributed by atoms with Gasteiger partial charge in [0, 0.05) is 27.5 Å². The minimum Gasteiger partial charge on any atom is -0.543 e. The summed E-state index contributed by atoms with van der Waals surface area (Å²) in [5.41, 5.74) is 6.13. The molecule has 0 spiro atoms. The predicted octanol–water partition coefficient (Wildman–Crippen LogP) is -0.318. The Morgan fingerprint density at radius 1 is 1.40 bits per heavy atom. The zero-order valence-corrected chi connectivity index (χ0v) is 20.6. The topological polar surface area (TPSA) is 154 Å². The number of carboxylic acids is 1. The molecule has 3 aromatic heterocycles. The van der Waals surface area contributed by atoms with Crippen molar-refractivity contribution in [1.29, 1.82) is 0 Å². The number of thioether (sulfide) groups is 1. The second-order valence-corrected chi connectivity index (χ2v) is 10.6. The molecule has 0 radical (unpaired) electrons. The lowest BCUT2D eigenvalue weighted by Crippen LogP contribution is -2.71. The highest BCUT2D eigenvalue weighted by Crippen LogP contribution is 2.40. The van der Waals surface area contributed by atoms with Gasteiger partial charge in [-0.15, -0.1) is 34.4 Å². The number of β-lactam (4-membered cyclic amide) rings is 1. The van der Waals surface area contributed by atoms with E-state index in [4.69, 9.17) is 10.6 Å². The van der Waals surface area contributed by atoms with Crippen LogP contribution in [0.1, 0.15) is 5.69 Å². The molecule has 1 saturated heterocycles. The molecule has 2 aliphatic heterocycles. The molecule has 35 heavy (non-hydrogen) atoms. The number of fused-ring (bicyclic) bond motifs is 2. The van der Waals surface area contributed by atoms with E-state index < -0.39 is 29.2 Å². The molecule has 0 saturated carbocycles. The highest BCUT2D eigenvalue weighted by Gasteiger charge is 2.53. The fourth-order valence-corrected chi connectivity index (χ4v) is 6.61. The van der Waals surface area contributed by atoms with Crippen molar-refractivity contribution in [2.75, 3.05) is 18.6 Å². The minimum absolute atomic E-state index is 0.135. The summed E-state index contributed by atoms with van der Waals surface area (Å²) in [4.78, 5) is 47.8. The molecule has 0 aromatic carbocycles. The molecule has 11 nitrogen and oxygen atoms in total. The van der Waals surface area contributed by atoms with Crippen LogP contribution in [0.5, 0.6) is 0 Å². The number of carbonyl (C=O) groups is 3. The summed E-state index contributed by atoms with van der Waals surface area (Å²) in [5, 5.41) is 22.6. The van der Waals surface area contributed by atoms with Gasteiger partial charge in [-0.1, -0.05) is 5.16 Å². The standard InChI is InChI=1S/C21H18N6O5S3/c1-32-25-14(12-9-35-21(22)23-12)17(28)24-15-18(29)27-16(20(30)31)11(8-34-19(15)27)7-26-4-2-13-10(6-26)3-5-33-13/h2-6,9,15,19H,7-8H2,1H3,(H3-,22,23,24,28,30,31)/b25-14-/t15?,19-/m1/s1. The van der Waals surface area contributed by atoms with E-state index in [1.165, 1.54) is 23.8 Å². The van der Waals surface area contributed by atoms with E-state index in [1.54, 1.807) is 16.7 Å². The first-order valence-electron chi connectivity index (χ1n) is 10.2. The third kappa shape index (κ3) is 4.24. The molecule has 2 aliphatic rings. The molecule has 3 aromatic rings. The van der Waals surface area contributed by atoms with Gasteiger partial charge in [-0.3, -0.25) is 14.5 Å². The Labute approximate surface area is 210 Å². The molecule has 14 heteroatoms. The van der Waals surface area contributed by atoms with E-state index in [2.05, 4.69) is 15.5 Å². The largest absolute Gasteiger partial charge is 0.543 e. The molecule has 180 valence electrons. The molecule has 5 heterocycles. The summed E-state index contributed by atoms with van der Waals surface area (Å²) < 4.78 is 3.01. The van der Waals surface area contributed by atoms with E-state index in [1.807, 2.05) is 34.5 Å². The summed E-state index contributed by atoms with van der Waals surface area (Å²) in [6, 6.07) is 3.02. The average molecular weight is 531 g/mol. The van der Waals surface area contributed by atoms with Crippen LogP contribution in [0.2, 0.25) is 0 Å². The maximum atomic E-state index is 13.0. The van der Waals surface area contributed by atoms with Crippen molar-refractivity contribution >= 4 is 73.1 Å². The number of rotatable bonds is 7. The molecular formula is C21H18N6O5S3. The molecule has 5 rings (SSSR count). The summed E-state index contributed by atoms with van der Waals surface area (Å²) >= 11 is 4.12. The van der Waals surface area contributed by atoms with E-state index in [0.717, 1.165) is 21.4 Å². The van der Waals surface area contributed by atoms with Crippen LogP contribution in [0, 0.1) is 0 Å². The number of nitrogens with one attached hydrogen (secondary N) is 1. The Morgan fingerprint density at radius 2 is 2.23 bits per heavy atom. The van der Waals surface area contributed by atoms with Gasteiger partial charge in [0.15, 0.2) is 29.8 Å². The van der Waals surface area contributed by atoms with E-state index in [0.29, 0.717) is 17.9 Å². The molecular weight excluding hydrogens is 512 g/mol. The fraction of sp³-hybridized carbons (Fsp3) is 0.238. The van der Waals surface area contributed by atoms with Gasteiger partial charge in [0.25, 0.3) is 11.8 Å². The maximum absolute atomic E-state index is 13.0. The van der Waals surface area contributed by atoms with Gasteiger partial charge in [0.2, 0.25) is 0 Å². The Morgan fingerprint density at radius 3 is 2.94 bits per heavy atom. The quantitative estimate of drug-likeness (QED) is 0.182. The monoisotopic (exact) mass is 530 g/mol. The number of anilines is 1. The van der Waals surface area contributed by atoms with E-state index in [-0.39, 0.29) is 22.2 Å². The summed E-state index contributed by atoms with van der Waals surface area (Å²) in [5.74, 6) is -2.29. The number of pyridine rings is 1. The van der Waals surface area contributed by atoms with Crippen LogP contribution in [0.3, 0.4) is 0 Å². The molecule has 1 unspecified atom stereocenters. The van der Waals surface area contributed by atoms with Crippen molar-refractivity contribution in [3.05, 3.63) is 52.3 Å². The van der Waals surface area contributed by atoms with E-state index in [9.17, 15) is 19.5 Å². The molecule has 3 N–H and O–H groups in total. The summed E-state index contributed by atoms with van der Waals surface area (Å²) in [6.07, 6.45) is 3.81. The number of aliphatic carboxylic acids is 1. The van der Waals surface area contributed by atoms with Crippen LogP contribution in [0.15, 0.2) is 51.7 Å². The number of amides is 2. The van der Waals surface area contributed by atoms with Crippen molar-refractivity contribution in [3.63, 3.8) is 0 Å². The van der Waals surface area contributed by atoms with Crippen molar-refractivity contribution in [1.82, 2.24) is 15.2 Å². The Balaban J connectivity index is 1.36. The molecule has 2 amide bonds. The van der Waals surface area contributed by atoms with Gasteiger partial charge in [-0.25, -0.2) is 9.55 Å². The van der Waals surface area contributed by atoms with Crippen molar-refractivity contribution in [3.8, 4) is 0 Å². The number of carboxylic acid groups (broad SMARTS) is 1. The number of thiazole rings is 1. The minimum atomic E-state index is -1.43. The van der Waals surface area contributed by atoms with Gasteiger partial charge in [0.1, 0.15) is 24.2 Å². The third-order valence-corrected chi connectivity index (χ3v) is 8.42. The van der Waals surface area contributed by atoms with Crippen molar-refractivity contribution < 1.29 is 28.9 Å². The SMILES string of the molecule is CO/N=C(\C(=O)NC1C(=O)N2C(C(=O)[O-])=C(C[n+]3ccc4sccc4c3)CS[C@H]12)c1csc(N)n1. The number of thiophene rings is 1. The number of hydrogen-bond donors (Lipinski definition) is 2. The molecule has 2 atom stereocenters. The lowest BCUT2D eigenvalue weighted by Gasteiger charge is -2.50. The molecule has 1 fully saturated rings. The van der Waals surface area contributed by atoms with Gasteiger partial charge in [0.05, 0.1) is 17.1 Å². The summed E-state index contributed by atoms with van der Waals surface area (Å²) in [6.45, 7) is 0.297. The average Bonchev–Trinajstić information content (AvgIpc) is 3.48. The van der Waals surface area contributed by atoms with Crippen LogP contribution >= 0.6 is 34.4 Å². The number of nitrogens with two attached hydrogens (primary N) is 1. The van der Waals surface area contributed by atoms with Gasteiger partial charge < -0.3 is 25.8 Å². The number of oxime groups is 1. The van der Waals surface area contributed by atoms with Gasteiger partial charge in [-0.05, 0) is 11.4 Å². The second-order valence-electron chi connectivity index (χ2n) is 7.65. The lowest BCUT2D eigenvalue weighted by atomic mass is 10.0. The normalized spacial score (nSPS) is 20.0. The smallest absolute Gasteiger partial charge is 0.276 e. The second kappa shape index (κ2) is 9.28. The van der Waals surface area contributed by atoms with Gasteiger partial charge >= 0.3 is 0 Å². The number of carbonyl (C=O) groups excluding carboxylic acids is 3. The fourth-order valence-electron chi connectivity index (χ4n) is 3.97.